The summed E-state index contributed by atoms with van der Waals surface area (Å²) < 4.78 is 5.24. The second-order valence-corrected chi connectivity index (χ2v) is 6.26. The fourth-order valence-electron chi connectivity index (χ4n) is 2.15. The minimum atomic E-state index is -0.517. The first-order valence-corrected chi connectivity index (χ1v) is 8.37. The van der Waals surface area contributed by atoms with Gasteiger partial charge in [0.2, 0.25) is 5.91 Å². The molecule has 22 heavy (non-hydrogen) atoms. The maximum absolute atomic E-state index is 11.9. The number of carbonyl (C=O) groups excluding carboxylic acids is 2. The number of ether oxygens (including phenoxy) is 1. The number of primary amides is 1. The van der Waals surface area contributed by atoms with Crippen LogP contribution in [0.2, 0.25) is 0 Å². The van der Waals surface area contributed by atoms with E-state index in [1.54, 1.807) is 12.1 Å². The van der Waals surface area contributed by atoms with Gasteiger partial charge in [0.25, 0.3) is 5.91 Å². The third-order valence-corrected chi connectivity index (χ3v) is 4.33. The summed E-state index contributed by atoms with van der Waals surface area (Å²) in [5.41, 5.74) is 5.95. The van der Waals surface area contributed by atoms with Crippen LogP contribution in [-0.4, -0.2) is 42.5 Å². The van der Waals surface area contributed by atoms with E-state index in [0.29, 0.717) is 18.7 Å². The molecule has 120 valence electrons. The largest absolute Gasteiger partial charge is 0.484 e. The molecular formula is C15H21N3O3S. The molecule has 7 heteroatoms. The Labute approximate surface area is 134 Å². The van der Waals surface area contributed by atoms with E-state index in [9.17, 15) is 9.59 Å². The molecule has 1 saturated heterocycles. The van der Waals surface area contributed by atoms with Crippen molar-refractivity contribution in [1.82, 2.24) is 10.6 Å². The lowest BCUT2D eigenvalue weighted by Crippen LogP contribution is -2.41. The lowest BCUT2D eigenvalue weighted by atomic mass is 10.2. The lowest BCUT2D eigenvalue weighted by molar-refractivity contribution is -0.121. The van der Waals surface area contributed by atoms with Gasteiger partial charge >= 0.3 is 0 Å². The van der Waals surface area contributed by atoms with Crippen molar-refractivity contribution in [3.63, 3.8) is 0 Å². The van der Waals surface area contributed by atoms with Crippen LogP contribution < -0.4 is 21.1 Å². The van der Waals surface area contributed by atoms with Crippen LogP contribution in [-0.2, 0) is 16.1 Å². The zero-order valence-electron chi connectivity index (χ0n) is 12.3. The zero-order valence-corrected chi connectivity index (χ0v) is 13.2. The molecule has 1 aliphatic heterocycles. The highest BCUT2D eigenvalue weighted by Gasteiger charge is 2.16. The Bertz CT molecular complexity index is 519. The Kier molecular flexibility index (Phi) is 6.54. The van der Waals surface area contributed by atoms with Crippen LogP contribution in [0.5, 0.6) is 5.75 Å². The van der Waals surface area contributed by atoms with E-state index in [1.807, 2.05) is 23.9 Å². The number of rotatable bonds is 7. The monoisotopic (exact) mass is 323 g/mol. The summed E-state index contributed by atoms with van der Waals surface area (Å²) in [6.07, 6.45) is 0.491. The molecule has 1 heterocycles. The number of carbonyl (C=O) groups is 2. The second kappa shape index (κ2) is 8.65. The summed E-state index contributed by atoms with van der Waals surface area (Å²) in [7, 11) is 0. The van der Waals surface area contributed by atoms with E-state index in [1.165, 1.54) is 0 Å². The fourth-order valence-corrected chi connectivity index (χ4v) is 3.10. The number of benzene rings is 1. The number of amides is 2. The summed E-state index contributed by atoms with van der Waals surface area (Å²) >= 11 is 1.87. The average Bonchev–Trinajstić information content (AvgIpc) is 2.52. The van der Waals surface area contributed by atoms with Crippen LogP contribution in [0.4, 0.5) is 0 Å². The molecule has 1 unspecified atom stereocenters. The van der Waals surface area contributed by atoms with Crippen molar-refractivity contribution in [3.8, 4) is 5.75 Å². The molecule has 0 spiro atoms. The summed E-state index contributed by atoms with van der Waals surface area (Å²) in [5, 5.41) is 6.24. The Morgan fingerprint density at radius 2 is 2.32 bits per heavy atom. The zero-order chi connectivity index (χ0) is 15.8. The number of nitrogens with one attached hydrogen (secondary N) is 2. The number of hydrogen-bond acceptors (Lipinski definition) is 5. The van der Waals surface area contributed by atoms with Gasteiger partial charge in [-0.25, -0.2) is 0 Å². The molecule has 4 N–H and O–H groups in total. The maximum atomic E-state index is 11.9. The first-order chi connectivity index (χ1) is 10.6. The lowest BCUT2D eigenvalue weighted by Gasteiger charge is -2.22. The van der Waals surface area contributed by atoms with Crippen LogP contribution in [0, 0.1) is 0 Å². The first-order valence-electron chi connectivity index (χ1n) is 7.21. The van der Waals surface area contributed by atoms with E-state index in [-0.39, 0.29) is 18.6 Å². The Morgan fingerprint density at radius 1 is 1.45 bits per heavy atom. The Hall–Kier alpha value is -1.73. The molecule has 2 amide bonds. The highest BCUT2D eigenvalue weighted by molar-refractivity contribution is 7.99. The molecule has 0 saturated carbocycles. The number of thioether (sulfide) groups is 1. The van der Waals surface area contributed by atoms with Gasteiger partial charge in [-0.1, -0.05) is 12.1 Å². The number of hydrogen-bond donors (Lipinski definition) is 3. The van der Waals surface area contributed by atoms with E-state index < -0.39 is 5.91 Å². The van der Waals surface area contributed by atoms with Gasteiger partial charge in [0.1, 0.15) is 5.75 Å². The van der Waals surface area contributed by atoms with Crippen molar-refractivity contribution in [2.45, 2.75) is 19.0 Å². The first kappa shape index (κ1) is 16.6. The molecule has 1 aliphatic rings. The van der Waals surface area contributed by atoms with Gasteiger partial charge in [-0.3, -0.25) is 9.59 Å². The van der Waals surface area contributed by atoms with Crippen molar-refractivity contribution in [2.24, 2.45) is 5.73 Å². The van der Waals surface area contributed by atoms with Gasteiger partial charge in [0.05, 0.1) is 0 Å². The van der Waals surface area contributed by atoms with Crippen molar-refractivity contribution in [3.05, 3.63) is 29.8 Å². The molecule has 0 bridgehead atoms. The van der Waals surface area contributed by atoms with Crippen LogP contribution in [0.3, 0.4) is 0 Å². The highest BCUT2D eigenvalue weighted by atomic mass is 32.2. The average molecular weight is 323 g/mol. The summed E-state index contributed by atoms with van der Waals surface area (Å²) in [4.78, 5) is 22.6. The maximum Gasteiger partial charge on any atom is 0.255 e. The Morgan fingerprint density at radius 3 is 3.05 bits per heavy atom. The minimum Gasteiger partial charge on any atom is -0.484 e. The molecule has 1 aromatic carbocycles. The van der Waals surface area contributed by atoms with Crippen LogP contribution in [0.25, 0.3) is 0 Å². The van der Waals surface area contributed by atoms with Crippen LogP contribution in [0.15, 0.2) is 24.3 Å². The predicted octanol–water partition coefficient (Wildman–Crippen LogP) is 0.262. The van der Waals surface area contributed by atoms with Gasteiger partial charge in [0, 0.05) is 37.1 Å². The summed E-state index contributed by atoms with van der Waals surface area (Å²) in [6.45, 7) is 1.25. The Balaban J connectivity index is 1.76. The van der Waals surface area contributed by atoms with Gasteiger partial charge in [-0.15, -0.1) is 0 Å². The van der Waals surface area contributed by atoms with E-state index in [4.69, 9.17) is 10.5 Å². The second-order valence-electron chi connectivity index (χ2n) is 5.11. The molecule has 0 aliphatic carbocycles. The molecule has 1 atom stereocenters. The van der Waals surface area contributed by atoms with Crippen molar-refractivity contribution in [2.75, 3.05) is 24.7 Å². The molecule has 1 aromatic rings. The topological polar surface area (TPSA) is 93.5 Å². The highest BCUT2D eigenvalue weighted by Crippen LogP contribution is 2.13. The smallest absolute Gasteiger partial charge is 0.255 e. The third-order valence-electron chi connectivity index (χ3n) is 3.20. The molecule has 6 nitrogen and oxygen atoms in total. The quantitative estimate of drug-likeness (QED) is 0.669. The third kappa shape index (κ3) is 5.95. The number of nitrogens with two attached hydrogens (primary N) is 1. The van der Waals surface area contributed by atoms with Crippen LogP contribution >= 0.6 is 11.8 Å². The van der Waals surface area contributed by atoms with Crippen molar-refractivity contribution >= 4 is 23.6 Å². The van der Waals surface area contributed by atoms with Gasteiger partial charge in [-0.05, 0) is 17.7 Å². The molecule has 0 aromatic heterocycles. The fraction of sp³-hybridized carbons (Fsp3) is 0.467. The minimum absolute atomic E-state index is 0.0310. The van der Waals surface area contributed by atoms with E-state index in [0.717, 1.165) is 23.6 Å². The molecule has 1 fully saturated rings. The van der Waals surface area contributed by atoms with E-state index >= 15 is 0 Å². The van der Waals surface area contributed by atoms with Gasteiger partial charge in [-0.2, -0.15) is 11.8 Å². The predicted molar refractivity (Wildman–Crippen MR) is 86.7 cm³/mol. The molecular weight excluding hydrogens is 302 g/mol. The standard InChI is InChI=1S/C15H21N3O3S/c16-14(19)9-21-13-3-1-2-11(6-13)8-18-15(20)7-12-10-22-5-4-17-12/h1-3,6,12,17H,4-5,7-10H2,(H2,16,19)(H,18,20). The molecule has 2 rings (SSSR count). The van der Waals surface area contributed by atoms with Gasteiger partial charge in [0.15, 0.2) is 6.61 Å². The summed E-state index contributed by atoms with van der Waals surface area (Å²) in [5.74, 6) is 2.16. The van der Waals surface area contributed by atoms with Crippen molar-refractivity contribution < 1.29 is 14.3 Å². The SMILES string of the molecule is NC(=O)COc1cccc(CNC(=O)CC2CSCCN2)c1. The normalized spacial score (nSPS) is 17.7. The van der Waals surface area contributed by atoms with E-state index in [2.05, 4.69) is 10.6 Å². The van der Waals surface area contributed by atoms with Crippen LogP contribution in [0.1, 0.15) is 12.0 Å². The summed E-state index contributed by atoms with van der Waals surface area (Å²) in [6, 6.07) is 7.50. The van der Waals surface area contributed by atoms with Crippen molar-refractivity contribution in [1.29, 1.82) is 0 Å². The molecule has 0 radical (unpaired) electrons. The van der Waals surface area contributed by atoms with Gasteiger partial charge < -0.3 is 21.1 Å².